The number of carbonyl (C=O) groups excluding carboxylic acids is 2. The summed E-state index contributed by atoms with van der Waals surface area (Å²) in [5.74, 6) is -0.593. The van der Waals surface area contributed by atoms with E-state index in [0.29, 0.717) is 38.2 Å². The second kappa shape index (κ2) is 6.56. The maximum Gasteiger partial charge on any atom is 0.253 e. The number of nitrogen functional groups attached to an aromatic ring is 1. The van der Waals surface area contributed by atoms with E-state index < -0.39 is 5.82 Å². The molecular weight excluding hydrogens is 273 g/mol. The van der Waals surface area contributed by atoms with Crippen LogP contribution in [0.1, 0.15) is 30.1 Å². The quantitative estimate of drug-likeness (QED) is 0.840. The lowest BCUT2D eigenvalue weighted by molar-refractivity contribution is -0.130. The van der Waals surface area contributed by atoms with E-state index in [1.807, 2.05) is 6.92 Å². The lowest BCUT2D eigenvalue weighted by Crippen LogP contribution is -2.37. The summed E-state index contributed by atoms with van der Waals surface area (Å²) < 4.78 is 13.2. The van der Waals surface area contributed by atoms with E-state index in [2.05, 4.69) is 0 Å². The fraction of sp³-hybridized carbons (Fsp3) is 0.467. The molecule has 1 heterocycles. The van der Waals surface area contributed by atoms with E-state index in [9.17, 15) is 14.0 Å². The van der Waals surface area contributed by atoms with Gasteiger partial charge in [0.1, 0.15) is 5.82 Å². The topological polar surface area (TPSA) is 66.6 Å². The number of nitrogens with zero attached hydrogens (tertiary/aromatic N) is 2. The molecular formula is C15H20FN3O2. The van der Waals surface area contributed by atoms with Crippen molar-refractivity contribution in [3.8, 4) is 0 Å². The lowest BCUT2D eigenvalue weighted by atomic mass is 10.1. The van der Waals surface area contributed by atoms with Gasteiger partial charge in [0.15, 0.2) is 0 Å². The monoisotopic (exact) mass is 293 g/mol. The van der Waals surface area contributed by atoms with E-state index >= 15 is 0 Å². The molecule has 1 aliphatic heterocycles. The summed E-state index contributed by atoms with van der Waals surface area (Å²) in [7, 11) is 0. The molecule has 21 heavy (non-hydrogen) atoms. The Bertz CT molecular complexity index is 548. The maximum absolute atomic E-state index is 13.2. The number of benzene rings is 1. The van der Waals surface area contributed by atoms with Gasteiger partial charge in [-0.2, -0.15) is 0 Å². The van der Waals surface area contributed by atoms with Crippen LogP contribution in [0.4, 0.5) is 10.1 Å². The molecule has 5 nitrogen and oxygen atoms in total. The van der Waals surface area contributed by atoms with Gasteiger partial charge >= 0.3 is 0 Å². The summed E-state index contributed by atoms with van der Waals surface area (Å²) in [5.41, 5.74) is 5.85. The van der Waals surface area contributed by atoms with Crippen LogP contribution in [0.5, 0.6) is 0 Å². The molecule has 2 rings (SSSR count). The number of hydrogen-bond acceptors (Lipinski definition) is 3. The number of hydrogen-bond donors (Lipinski definition) is 1. The fourth-order valence-electron chi connectivity index (χ4n) is 2.45. The molecule has 6 heteroatoms. The predicted octanol–water partition coefficient (Wildman–Crippen LogP) is 1.49. The summed E-state index contributed by atoms with van der Waals surface area (Å²) in [6.45, 7) is 4.11. The summed E-state index contributed by atoms with van der Waals surface area (Å²) >= 11 is 0. The van der Waals surface area contributed by atoms with Crippen LogP contribution in [0, 0.1) is 5.82 Å². The lowest BCUT2D eigenvalue weighted by Gasteiger charge is -2.22. The standard InChI is InChI=1S/C15H20FN3O2/c1-2-14(20)18-6-3-7-19(9-8-18)15(21)11-4-5-12(16)13(17)10-11/h4-5,10H,2-3,6-9,17H2,1H3. The van der Waals surface area contributed by atoms with Crippen LogP contribution in [-0.2, 0) is 4.79 Å². The highest BCUT2D eigenvalue weighted by Gasteiger charge is 2.22. The number of nitrogens with two attached hydrogens (primary N) is 1. The number of carbonyl (C=O) groups is 2. The van der Waals surface area contributed by atoms with Gasteiger partial charge in [-0.15, -0.1) is 0 Å². The SMILES string of the molecule is CCC(=O)N1CCCN(C(=O)c2ccc(F)c(N)c2)CC1. The van der Waals surface area contributed by atoms with Crippen LogP contribution < -0.4 is 5.73 Å². The third-order valence-electron chi connectivity index (χ3n) is 3.68. The van der Waals surface area contributed by atoms with Crippen molar-refractivity contribution in [2.45, 2.75) is 19.8 Å². The Morgan fingerprint density at radius 3 is 2.52 bits per heavy atom. The third-order valence-corrected chi connectivity index (χ3v) is 3.68. The second-order valence-corrected chi connectivity index (χ2v) is 5.12. The zero-order valence-corrected chi connectivity index (χ0v) is 12.1. The molecule has 2 N–H and O–H groups in total. The van der Waals surface area contributed by atoms with Crippen molar-refractivity contribution in [1.82, 2.24) is 9.80 Å². The molecule has 0 unspecified atom stereocenters. The van der Waals surface area contributed by atoms with Crippen LogP contribution in [-0.4, -0.2) is 47.8 Å². The van der Waals surface area contributed by atoms with Gasteiger partial charge in [-0.1, -0.05) is 6.92 Å². The Balaban J connectivity index is 2.06. The smallest absolute Gasteiger partial charge is 0.253 e. The minimum Gasteiger partial charge on any atom is -0.396 e. The summed E-state index contributed by atoms with van der Waals surface area (Å²) in [6, 6.07) is 4.00. The van der Waals surface area contributed by atoms with Crippen molar-refractivity contribution in [3.05, 3.63) is 29.6 Å². The largest absolute Gasteiger partial charge is 0.396 e. The van der Waals surface area contributed by atoms with Crippen LogP contribution >= 0.6 is 0 Å². The molecule has 114 valence electrons. The van der Waals surface area contributed by atoms with E-state index in [4.69, 9.17) is 5.73 Å². The minimum atomic E-state index is -0.526. The first-order valence-electron chi connectivity index (χ1n) is 7.15. The summed E-state index contributed by atoms with van der Waals surface area (Å²) in [6.07, 6.45) is 1.22. The van der Waals surface area contributed by atoms with Crippen molar-refractivity contribution in [3.63, 3.8) is 0 Å². The highest BCUT2D eigenvalue weighted by molar-refractivity contribution is 5.95. The normalized spacial score (nSPS) is 15.7. The first-order valence-corrected chi connectivity index (χ1v) is 7.15. The summed E-state index contributed by atoms with van der Waals surface area (Å²) in [5, 5.41) is 0. The number of halogens is 1. The zero-order valence-electron chi connectivity index (χ0n) is 12.1. The highest BCUT2D eigenvalue weighted by atomic mass is 19.1. The molecule has 0 aliphatic carbocycles. The van der Waals surface area contributed by atoms with E-state index in [-0.39, 0.29) is 17.5 Å². The Labute approximate surface area is 123 Å². The molecule has 1 aromatic rings. The summed E-state index contributed by atoms with van der Waals surface area (Å²) in [4.78, 5) is 27.6. The van der Waals surface area contributed by atoms with E-state index in [0.717, 1.165) is 6.42 Å². The van der Waals surface area contributed by atoms with Gasteiger partial charge in [0.05, 0.1) is 5.69 Å². The van der Waals surface area contributed by atoms with E-state index in [1.54, 1.807) is 9.80 Å². The average molecular weight is 293 g/mol. The second-order valence-electron chi connectivity index (χ2n) is 5.12. The molecule has 1 aromatic carbocycles. The number of anilines is 1. The van der Waals surface area contributed by atoms with Gasteiger partial charge in [-0.05, 0) is 24.6 Å². The molecule has 1 aliphatic rings. The van der Waals surface area contributed by atoms with Crippen molar-refractivity contribution in [1.29, 1.82) is 0 Å². The van der Waals surface area contributed by atoms with Gasteiger partial charge in [0.2, 0.25) is 5.91 Å². The molecule has 0 aromatic heterocycles. The van der Waals surface area contributed by atoms with E-state index in [1.165, 1.54) is 18.2 Å². The van der Waals surface area contributed by atoms with Gasteiger partial charge in [-0.3, -0.25) is 9.59 Å². The molecule has 0 radical (unpaired) electrons. The van der Waals surface area contributed by atoms with Gasteiger partial charge < -0.3 is 15.5 Å². The Morgan fingerprint density at radius 1 is 1.19 bits per heavy atom. The van der Waals surface area contributed by atoms with Crippen molar-refractivity contribution in [2.75, 3.05) is 31.9 Å². The predicted molar refractivity (Wildman–Crippen MR) is 78.2 cm³/mol. The molecule has 0 saturated carbocycles. The molecule has 0 spiro atoms. The molecule has 0 atom stereocenters. The Kier molecular flexibility index (Phi) is 4.77. The molecule has 1 fully saturated rings. The highest BCUT2D eigenvalue weighted by Crippen LogP contribution is 2.15. The third kappa shape index (κ3) is 3.51. The Morgan fingerprint density at radius 2 is 1.86 bits per heavy atom. The average Bonchev–Trinajstić information content (AvgIpc) is 2.74. The number of rotatable bonds is 2. The molecule has 1 saturated heterocycles. The van der Waals surface area contributed by atoms with Gasteiger partial charge in [0, 0.05) is 38.2 Å². The molecule has 0 bridgehead atoms. The minimum absolute atomic E-state index is 0.0292. The van der Waals surface area contributed by atoms with Crippen LogP contribution in [0.15, 0.2) is 18.2 Å². The number of amides is 2. The van der Waals surface area contributed by atoms with Crippen molar-refractivity contribution < 1.29 is 14.0 Å². The van der Waals surface area contributed by atoms with Crippen LogP contribution in [0.25, 0.3) is 0 Å². The first kappa shape index (κ1) is 15.3. The Hall–Kier alpha value is -2.11. The van der Waals surface area contributed by atoms with Gasteiger partial charge in [0.25, 0.3) is 5.91 Å². The van der Waals surface area contributed by atoms with Crippen molar-refractivity contribution >= 4 is 17.5 Å². The first-order chi connectivity index (χ1) is 10.0. The fourth-order valence-corrected chi connectivity index (χ4v) is 2.45. The van der Waals surface area contributed by atoms with Crippen LogP contribution in [0.2, 0.25) is 0 Å². The molecule has 2 amide bonds. The zero-order chi connectivity index (χ0) is 15.4. The maximum atomic E-state index is 13.2. The van der Waals surface area contributed by atoms with Gasteiger partial charge in [-0.25, -0.2) is 4.39 Å². The van der Waals surface area contributed by atoms with Crippen LogP contribution in [0.3, 0.4) is 0 Å². The van der Waals surface area contributed by atoms with Crippen molar-refractivity contribution in [2.24, 2.45) is 0 Å².